The van der Waals surface area contributed by atoms with E-state index in [2.05, 4.69) is 118 Å². The minimum Gasteiger partial charge on any atom is -0.456 e. The van der Waals surface area contributed by atoms with Crippen LogP contribution in [-0.2, 0) is 0 Å². The molecule has 4 heterocycles. The highest BCUT2D eigenvalue weighted by Crippen LogP contribution is 2.44. The number of thiophene rings is 1. The van der Waals surface area contributed by atoms with E-state index in [1.165, 1.54) is 25.6 Å². The summed E-state index contributed by atoms with van der Waals surface area (Å²) in [6.45, 7) is 0. The number of nitrogens with zero attached hydrogens (tertiary/aromatic N) is 4. The quantitative estimate of drug-likeness (QED) is 0.186. The van der Waals surface area contributed by atoms with Crippen LogP contribution in [0.5, 0.6) is 0 Å². The highest BCUT2D eigenvalue weighted by molar-refractivity contribution is 7.26. The van der Waals surface area contributed by atoms with Crippen molar-refractivity contribution >= 4 is 97.1 Å². The molecule has 0 amide bonds. The topological polar surface area (TPSA) is 70.6 Å². The molecule has 0 fully saturated rings. The molecular weight excluding hydrogens is 633 g/mol. The van der Waals surface area contributed by atoms with Crippen molar-refractivity contribution in [2.45, 2.75) is 0 Å². The lowest BCUT2D eigenvalue weighted by molar-refractivity contribution is 0.669. The molecule has 50 heavy (non-hydrogen) atoms. The van der Waals surface area contributed by atoms with E-state index in [-0.39, 0.29) is 0 Å². The second kappa shape index (κ2) is 9.84. The van der Waals surface area contributed by atoms with Gasteiger partial charge in [0.1, 0.15) is 11.2 Å². The molecule has 0 atom stereocenters. The predicted molar refractivity (Wildman–Crippen MR) is 205 cm³/mol. The smallest absolute Gasteiger partial charge is 0.135 e. The number of nitriles is 2. The van der Waals surface area contributed by atoms with E-state index >= 15 is 0 Å². The Morgan fingerprint density at radius 1 is 0.460 bits per heavy atom. The first-order valence-corrected chi connectivity index (χ1v) is 17.2. The van der Waals surface area contributed by atoms with Crippen molar-refractivity contribution in [3.05, 3.63) is 145 Å². The summed E-state index contributed by atoms with van der Waals surface area (Å²) in [5, 5.41) is 28.3. The lowest BCUT2D eigenvalue weighted by atomic mass is 10.1. The van der Waals surface area contributed by atoms with Crippen LogP contribution in [0.1, 0.15) is 11.1 Å². The largest absolute Gasteiger partial charge is 0.456 e. The van der Waals surface area contributed by atoms with Gasteiger partial charge in [-0.15, -0.1) is 11.3 Å². The number of furan rings is 1. The number of fused-ring (bicyclic) bond motifs is 13. The molecule has 230 valence electrons. The Balaban J connectivity index is 1.20. The average molecular weight is 655 g/mol. The van der Waals surface area contributed by atoms with E-state index in [1.54, 1.807) is 11.3 Å². The van der Waals surface area contributed by atoms with Gasteiger partial charge in [0.25, 0.3) is 0 Å². The number of rotatable bonds is 2. The summed E-state index contributed by atoms with van der Waals surface area (Å²) < 4.78 is 13.4. The maximum absolute atomic E-state index is 9.77. The fourth-order valence-corrected chi connectivity index (χ4v) is 9.10. The Morgan fingerprint density at radius 3 is 1.76 bits per heavy atom. The minimum atomic E-state index is 0.646. The van der Waals surface area contributed by atoms with Crippen LogP contribution in [0.25, 0.3) is 97.1 Å². The summed E-state index contributed by atoms with van der Waals surface area (Å²) in [4.78, 5) is 0. The van der Waals surface area contributed by atoms with Crippen LogP contribution in [0.2, 0.25) is 0 Å². The Labute approximate surface area is 288 Å². The molecule has 7 aromatic carbocycles. The summed E-state index contributed by atoms with van der Waals surface area (Å²) >= 11 is 1.76. The summed E-state index contributed by atoms with van der Waals surface area (Å²) in [5.41, 5.74) is 9.43. The van der Waals surface area contributed by atoms with Gasteiger partial charge in [0.05, 0.1) is 45.3 Å². The molecule has 0 saturated heterocycles. The van der Waals surface area contributed by atoms with Crippen LogP contribution in [-0.4, -0.2) is 9.13 Å². The fraction of sp³-hybridized carbons (Fsp3) is 0. The molecule has 0 radical (unpaired) electrons. The first-order chi connectivity index (χ1) is 24.7. The van der Waals surface area contributed by atoms with Crippen LogP contribution in [0.15, 0.2) is 138 Å². The van der Waals surface area contributed by atoms with E-state index in [1.807, 2.05) is 36.4 Å². The van der Waals surface area contributed by atoms with Gasteiger partial charge in [-0.05, 0) is 91.0 Å². The van der Waals surface area contributed by atoms with Gasteiger partial charge < -0.3 is 13.6 Å². The average Bonchev–Trinajstić information content (AvgIpc) is 3.91. The summed E-state index contributed by atoms with van der Waals surface area (Å²) in [7, 11) is 0. The van der Waals surface area contributed by atoms with E-state index in [4.69, 9.17) is 4.42 Å². The highest BCUT2D eigenvalue weighted by Gasteiger charge is 2.20. The Hall–Kier alpha value is -6.86. The van der Waals surface area contributed by atoms with Crippen LogP contribution in [0.4, 0.5) is 0 Å². The van der Waals surface area contributed by atoms with Gasteiger partial charge in [0, 0.05) is 63.9 Å². The Morgan fingerprint density at radius 2 is 1.04 bits per heavy atom. The zero-order valence-electron chi connectivity index (χ0n) is 26.3. The molecule has 11 rings (SSSR count). The second-order valence-electron chi connectivity index (χ2n) is 12.8. The van der Waals surface area contributed by atoms with Crippen molar-refractivity contribution in [3.63, 3.8) is 0 Å². The first-order valence-electron chi connectivity index (χ1n) is 16.4. The molecular formula is C44H22N4OS. The third-order valence-corrected chi connectivity index (χ3v) is 11.3. The van der Waals surface area contributed by atoms with Crippen molar-refractivity contribution in [2.24, 2.45) is 0 Å². The molecule has 0 aliphatic heterocycles. The first kappa shape index (κ1) is 27.1. The zero-order valence-corrected chi connectivity index (χ0v) is 27.1. The third kappa shape index (κ3) is 3.58. The Kier molecular flexibility index (Phi) is 5.34. The molecule has 4 aromatic heterocycles. The van der Waals surface area contributed by atoms with E-state index in [0.29, 0.717) is 11.1 Å². The lowest BCUT2D eigenvalue weighted by Gasteiger charge is -2.10. The van der Waals surface area contributed by atoms with Crippen molar-refractivity contribution in [2.75, 3.05) is 0 Å². The van der Waals surface area contributed by atoms with Gasteiger partial charge in [-0.25, -0.2) is 0 Å². The molecule has 0 aliphatic carbocycles. The maximum atomic E-state index is 9.77. The summed E-state index contributed by atoms with van der Waals surface area (Å²) in [6, 6.07) is 50.8. The van der Waals surface area contributed by atoms with Gasteiger partial charge in [-0.2, -0.15) is 10.5 Å². The summed E-state index contributed by atoms with van der Waals surface area (Å²) in [6.07, 6.45) is 0. The van der Waals surface area contributed by atoms with Crippen molar-refractivity contribution in [1.82, 2.24) is 9.13 Å². The van der Waals surface area contributed by atoms with Crippen LogP contribution < -0.4 is 0 Å². The van der Waals surface area contributed by atoms with E-state index in [9.17, 15) is 10.5 Å². The van der Waals surface area contributed by atoms with Crippen molar-refractivity contribution in [1.29, 1.82) is 10.5 Å². The van der Waals surface area contributed by atoms with Crippen LogP contribution >= 0.6 is 11.3 Å². The molecule has 0 spiro atoms. The molecule has 0 saturated carbocycles. The van der Waals surface area contributed by atoms with Gasteiger partial charge in [-0.3, -0.25) is 0 Å². The van der Waals surface area contributed by atoms with Gasteiger partial charge in [0.2, 0.25) is 0 Å². The van der Waals surface area contributed by atoms with Crippen LogP contribution in [0, 0.1) is 22.7 Å². The molecule has 0 unspecified atom stereocenters. The van der Waals surface area contributed by atoms with Gasteiger partial charge in [-0.1, -0.05) is 42.5 Å². The lowest BCUT2D eigenvalue weighted by Crippen LogP contribution is -1.94. The summed E-state index contributed by atoms with van der Waals surface area (Å²) in [5.74, 6) is 0. The predicted octanol–water partition coefficient (Wildman–Crippen LogP) is 11.9. The minimum absolute atomic E-state index is 0.646. The number of hydrogen-bond donors (Lipinski definition) is 0. The SMILES string of the molecule is N#Cc1ccc2sc3ccc4c5ccccc5n(-c5ccc6oc7ccc(-n8c9ccccc9c9cc(C#N)ccc98)cc7c6c5)c4c3c2c1. The fourth-order valence-electron chi connectivity index (χ4n) is 8.01. The van der Waals surface area contributed by atoms with Gasteiger partial charge in [0.15, 0.2) is 0 Å². The number of benzene rings is 7. The molecule has 6 heteroatoms. The molecule has 11 aromatic rings. The van der Waals surface area contributed by atoms with Crippen molar-refractivity contribution < 1.29 is 4.42 Å². The normalized spacial score (nSPS) is 12.0. The zero-order chi connectivity index (χ0) is 33.1. The molecule has 5 nitrogen and oxygen atoms in total. The standard InChI is InChI=1S/C44H22N4OS/c45-23-25-9-14-38-32(19-25)30-6-2-3-7-36(30)47(38)27-11-15-39-33(21-27)34-22-28(12-16-40(34)49-39)48-37-8-4-1-5-29(37)31-13-18-42-43(44(31)48)35-20-26(24-46)10-17-41(35)50-42/h1-22H. The molecule has 0 aliphatic rings. The van der Waals surface area contributed by atoms with E-state index < -0.39 is 0 Å². The Bertz CT molecular complexity index is 3360. The number of hydrogen-bond acceptors (Lipinski definition) is 4. The molecule has 0 N–H and O–H groups in total. The monoisotopic (exact) mass is 654 g/mol. The van der Waals surface area contributed by atoms with E-state index in [0.717, 1.165) is 71.5 Å². The van der Waals surface area contributed by atoms with Crippen LogP contribution in [0.3, 0.4) is 0 Å². The number of aromatic nitrogens is 2. The molecule has 0 bridgehead atoms. The highest BCUT2D eigenvalue weighted by atomic mass is 32.1. The third-order valence-electron chi connectivity index (χ3n) is 10.2. The second-order valence-corrected chi connectivity index (χ2v) is 13.9. The van der Waals surface area contributed by atoms with Gasteiger partial charge >= 0.3 is 0 Å². The number of para-hydroxylation sites is 2. The maximum Gasteiger partial charge on any atom is 0.135 e. The van der Waals surface area contributed by atoms with Crippen molar-refractivity contribution in [3.8, 4) is 23.5 Å².